The first-order valence-corrected chi connectivity index (χ1v) is 5.56. The molecule has 0 bridgehead atoms. The van der Waals surface area contributed by atoms with Crippen LogP contribution in [0.3, 0.4) is 0 Å². The number of rotatable bonds is 5. The van der Waals surface area contributed by atoms with Gasteiger partial charge in [-0.05, 0) is 12.8 Å². The lowest BCUT2D eigenvalue weighted by Crippen LogP contribution is -2.44. The van der Waals surface area contributed by atoms with Crippen LogP contribution in [0, 0.1) is 5.92 Å². The monoisotopic (exact) mass is 210 g/mol. The number of aliphatic hydroxyl groups excluding tert-OH is 1. The Bertz CT molecular complexity index is 238. The van der Waals surface area contributed by atoms with Gasteiger partial charge in [-0.1, -0.05) is 6.92 Å². The van der Waals surface area contributed by atoms with Crippen LogP contribution in [-0.4, -0.2) is 44.6 Å². The first kappa shape index (κ1) is 12.8. The van der Waals surface area contributed by atoms with Crippen molar-refractivity contribution in [3.05, 3.63) is 0 Å². The van der Waals surface area contributed by atoms with Crippen LogP contribution in [0.4, 0.5) is 0 Å². The number of nitrogens with one attached hydrogen (secondary N) is 1. The Morgan fingerprint density at radius 2 is 1.85 bits per heavy atom. The second kappa shape index (κ2) is 4.90. The number of hydrogen-bond donors (Lipinski definition) is 2. The van der Waals surface area contributed by atoms with Gasteiger partial charge in [-0.25, -0.2) is 0 Å². The lowest BCUT2D eigenvalue weighted by molar-refractivity contribution is 0.215. The minimum Gasteiger partial charge on any atom is -0.396 e. The number of aliphatic hydroxyl groups is 1. The molecule has 0 aromatic carbocycles. The van der Waals surface area contributed by atoms with E-state index < -0.39 is 10.2 Å². The first-order chi connectivity index (χ1) is 5.81. The fourth-order valence-corrected chi connectivity index (χ4v) is 1.53. The van der Waals surface area contributed by atoms with Crippen LogP contribution in [0.25, 0.3) is 0 Å². The standard InChI is InChI=1S/C7H18N2O3S/c1-6(5-10)7(2)8-13(11,12)9(3)4/h6-8,10H,5H2,1-4H3. The molecule has 0 aliphatic rings. The zero-order chi connectivity index (χ0) is 10.6. The van der Waals surface area contributed by atoms with Gasteiger partial charge in [0, 0.05) is 26.7 Å². The van der Waals surface area contributed by atoms with Crippen LogP contribution in [0.15, 0.2) is 0 Å². The molecule has 2 N–H and O–H groups in total. The van der Waals surface area contributed by atoms with E-state index in [2.05, 4.69) is 4.72 Å². The zero-order valence-corrected chi connectivity index (χ0v) is 9.30. The van der Waals surface area contributed by atoms with Crippen molar-refractivity contribution in [3.63, 3.8) is 0 Å². The highest BCUT2D eigenvalue weighted by atomic mass is 32.2. The normalized spacial score (nSPS) is 17.4. The van der Waals surface area contributed by atoms with Crippen LogP contribution in [0.5, 0.6) is 0 Å². The van der Waals surface area contributed by atoms with Gasteiger partial charge in [0.2, 0.25) is 0 Å². The van der Waals surface area contributed by atoms with Gasteiger partial charge in [0.05, 0.1) is 0 Å². The van der Waals surface area contributed by atoms with Crippen LogP contribution in [0.2, 0.25) is 0 Å². The third-order valence-electron chi connectivity index (χ3n) is 1.96. The van der Waals surface area contributed by atoms with Gasteiger partial charge in [0.1, 0.15) is 0 Å². The minimum absolute atomic E-state index is 0.0306. The average molecular weight is 210 g/mol. The van der Waals surface area contributed by atoms with Crippen molar-refractivity contribution in [2.75, 3.05) is 20.7 Å². The fraction of sp³-hybridized carbons (Fsp3) is 1.00. The zero-order valence-electron chi connectivity index (χ0n) is 8.48. The fourth-order valence-electron chi connectivity index (χ4n) is 0.615. The molecule has 0 aliphatic carbocycles. The van der Waals surface area contributed by atoms with Gasteiger partial charge in [-0.2, -0.15) is 17.4 Å². The molecule has 13 heavy (non-hydrogen) atoms. The van der Waals surface area contributed by atoms with Gasteiger partial charge < -0.3 is 5.11 Å². The SMILES string of the molecule is CC(CO)C(C)NS(=O)(=O)N(C)C. The van der Waals surface area contributed by atoms with E-state index in [0.717, 1.165) is 4.31 Å². The summed E-state index contributed by atoms with van der Waals surface area (Å²) in [5.41, 5.74) is 0. The average Bonchev–Trinajstić information content (AvgIpc) is 2.01. The summed E-state index contributed by atoms with van der Waals surface area (Å²) in [4.78, 5) is 0. The molecule has 0 spiro atoms. The Labute approximate surface area is 79.9 Å². The summed E-state index contributed by atoms with van der Waals surface area (Å²) in [5, 5.41) is 8.79. The van der Waals surface area contributed by atoms with Crippen molar-refractivity contribution >= 4 is 10.2 Å². The molecule has 0 radical (unpaired) electrons. The van der Waals surface area contributed by atoms with Gasteiger partial charge in [0.15, 0.2) is 0 Å². The molecule has 0 saturated carbocycles. The Morgan fingerprint density at radius 3 is 2.15 bits per heavy atom. The third-order valence-corrected chi connectivity index (χ3v) is 3.59. The van der Waals surface area contributed by atoms with Gasteiger partial charge >= 0.3 is 0 Å². The molecule has 0 aliphatic heterocycles. The van der Waals surface area contributed by atoms with Crippen molar-refractivity contribution in [2.45, 2.75) is 19.9 Å². The second-order valence-electron chi connectivity index (χ2n) is 3.35. The van der Waals surface area contributed by atoms with E-state index in [9.17, 15) is 8.42 Å². The predicted octanol–water partition coefficient (Wildman–Crippen LogP) is -0.601. The predicted molar refractivity (Wildman–Crippen MR) is 51.5 cm³/mol. The van der Waals surface area contributed by atoms with E-state index in [4.69, 9.17) is 5.11 Å². The largest absolute Gasteiger partial charge is 0.396 e. The molecule has 0 saturated heterocycles. The van der Waals surface area contributed by atoms with E-state index >= 15 is 0 Å². The molecule has 2 unspecified atom stereocenters. The van der Waals surface area contributed by atoms with Gasteiger partial charge in [-0.15, -0.1) is 0 Å². The van der Waals surface area contributed by atoms with Crippen molar-refractivity contribution in [1.82, 2.24) is 9.03 Å². The molecule has 5 nitrogen and oxygen atoms in total. The molecule has 0 heterocycles. The summed E-state index contributed by atoms with van der Waals surface area (Å²) in [6, 6.07) is -0.266. The Morgan fingerprint density at radius 1 is 1.38 bits per heavy atom. The maximum absolute atomic E-state index is 11.3. The topological polar surface area (TPSA) is 69.6 Å². The summed E-state index contributed by atoms with van der Waals surface area (Å²) < 4.78 is 26.1. The molecule has 0 rings (SSSR count). The lowest BCUT2D eigenvalue weighted by Gasteiger charge is -2.21. The summed E-state index contributed by atoms with van der Waals surface area (Å²) in [6.45, 7) is 3.47. The highest BCUT2D eigenvalue weighted by Gasteiger charge is 2.20. The molecule has 0 amide bonds. The van der Waals surface area contributed by atoms with E-state index in [1.54, 1.807) is 13.8 Å². The van der Waals surface area contributed by atoms with Crippen LogP contribution < -0.4 is 4.72 Å². The molecular formula is C7H18N2O3S. The highest BCUT2D eigenvalue weighted by molar-refractivity contribution is 7.87. The van der Waals surface area contributed by atoms with Crippen molar-refractivity contribution in [3.8, 4) is 0 Å². The minimum atomic E-state index is -3.38. The quantitative estimate of drug-likeness (QED) is 0.636. The first-order valence-electron chi connectivity index (χ1n) is 4.12. The second-order valence-corrected chi connectivity index (χ2v) is 5.27. The summed E-state index contributed by atoms with van der Waals surface area (Å²) in [6.07, 6.45) is 0. The van der Waals surface area contributed by atoms with Crippen LogP contribution in [0.1, 0.15) is 13.8 Å². The molecule has 80 valence electrons. The number of nitrogens with zero attached hydrogens (tertiary/aromatic N) is 1. The maximum Gasteiger partial charge on any atom is 0.279 e. The molecule has 2 atom stereocenters. The maximum atomic E-state index is 11.3. The summed E-state index contributed by atoms with van der Waals surface area (Å²) in [5.74, 6) is -0.0882. The number of hydrogen-bond acceptors (Lipinski definition) is 3. The Kier molecular flexibility index (Phi) is 4.83. The third kappa shape index (κ3) is 4.04. The molecule has 0 aromatic heterocycles. The molecular weight excluding hydrogens is 192 g/mol. The van der Waals surface area contributed by atoms with E-state index in [1.807, 2.05) is 0 Å². The van der Waals surface area contributed by atoms with Crippen molar-refractivity contribution in [1.29, 1.82) is 0 Å². The lowest BCUT2D eigenvalue weighted by atomic mass is 10.1. The van der Waals surface area contributed by atoms with Crippen molar-refractivity contribution in [2.24, 2.45) is 5.92 Å². The molecule has 0 fully saturated rings. The van der Waals surface area contributed by atoms with Gasteiger partial charge in [-0.3, -0.25) is 0 Å². The van der Waals surface area contributed by atoms with Crippen LogP contribution in [-0.2, 0) is 10.2 Å². The van der Waals surface area contributed by atoms with E-state index in [-0.39, 0.29) is 18.6 Å². The van der Waals surface area contributed by atoms with Crippen molar-refractivity contribution < 1.29 is 13.5 Å². The van der Waals surface area contributed by atoms with E-state index in [1.165, 1.54) is 14.1 Å². The molecule has 6 heteroatoms. The highest BCUT2D eigenvalue weighted by Crippen LogP contribution is 2.03. The Hall–Kier alpha value is -0.170. The Balaban J connectivity index is 4.29. The summed E-state index contributed by atoms with van der Waals surface area (Å²) in [7, 11) is -0.466. The summed E-state index contributed by atoms with van der Waals surface area (Å²) >= 11 is 0. The van der Waals surface area contributed by atoms with E-state index in [0.29, 0.717) is 0 Å². The van der Waals surface area contributed by atoms with Gasteiger partial charge in [0.25, 0.3) is 10.2 Å². The smallest absolute Gasteiger partial charge is 0.279 e. The van der Waals surface area contributed by atoms with Crippen LogP contribution >= 0.6 is 0 Å². The molecule has 0 aromatic rings.